The first-order chi connectivity index (χ1) is 12.4. The number of aliphatic carboxylic acids is 1. The van der Waals surface area contributed by atoms with Crippen molar-refractivity contribution in [3.05, 3.63) is 16.8 Å². The highest BCUT2D eigenvalue weighted by atomic mass is 32.2. The number of hydrogen-bond acceptors (Lipinski definition) is 6. The van der Waals surface area contributed by atoms with Gasteiger partial charge in [0, 0.05) is 23.4 Å². The van der Waals surface area contributed by atoms with Crippen LogP contribution in [0.3, 0.4) is 0 Å². The average molecular weight is 394 g/mol. The van der Waals surface area contributed by atoms with Gasteiger partial charge in [-0.3, -0.25) is 9.59 Å². The Hall–Kier alpha value is -1.67. The number of likely N-dealkylation sites (tertiary alicyclic amines) is 1. The number of hydrogen-bond donors (Lipinski definition) is 1. The lowest BCUT2D eigenvalue weighted by molar-refractivity contribution is -0.145. The number of carboxylic acids is 1. The van der Waals surface area contributed by atoms with E-state index in [9.17, 15) is 14.7 Å². The average Bonchev–Trinajstić information content (AvgIpc) is 3.04. The molecule has 140 valence electrons. The number of aryl methyl sites for hydroxylation is 2. The summed E-state index contributed by atoms with van der Waals surface area (Å²) >= 11 is 3.11. The number of carbonyl (C=O) groups is 2. The second-order valence-electron chi connectivity index (χ2n) is 6.58. The topological polar surface area (TPSA) is 83.4 Å². The summed E-state index contributed by atoms with van der Waals surface area (Å²) in [4.78, 5) is 37.0. The molecule has 1 saturated heterocycles. The molecule has 1 amide bonds. The molecule has 1 aliphatic heterocycles. The summed E-state index contributed by atoms with van der Waals surface area (Å²) in [5.41, 5.74) is 0. The Morgan fingerprint density at radius 2 is 2.23 bits per heavy atom. The fourth-order valence-electron chi connectivity index (χ4n) is 3.16. The maximum Gasteiger partial charge on any atom is 0.308 e. The van der Waals surface area contributed by atoms with Gasteiger partial charge >= 0.3 is 5.97 Å². The van der Waals surface area contributed by atoms with Crippen LogP contribution < -0.4 is 0 Å². The number of rotatable bonds is 5. The van der Waals surface area contributed by atoms with Crippen molar-refractivity contribution in [1.82, 2.24) is 14.9 Å². The summed E-state index contributed by atoms with van der Waals surface area (Å²) < 4.78 is 0. The monoisotopic (exact) mass is 393 g/mol. The van der Waals surface area contributed by atoms with Crippen molar-refractivity contribution in [3.8, 4) is 0 Å². The Balaban J connectivity index is 1.78. The zero-order chi connectivity index (χ0) is 18.8. The van der Waals surface area contributed by atoms with E-state index in [4.69, 9.17) is 0 Å². The molecule has 2 aromatic rings. The minimum atomic E-state index is -0.818. The number of thiophene rings is 1. The molecule has 0 aromatic carbocycles. The lowest BCUT2D eigenvalue weighted by Gasteiger charge is -2.32. The Morgan fingerprint density at radius 1 is 1.46 bits per heavy atom. The largest absolute Gasteiger partial charge is 0.481 e. The van der Waals surface area contributed by atoms with Crippen molar-refractivity contribution in [2.24, 2.45) is 5.92 Å². The van der Waals surface area contributed by atoms with Gasteiger partial charge in [-0.25, -0.2) is 9.97 Å². The minimum absolute atomic E-state index is 0.0173. The van der Waals surface area contributed by atoms with Gasteiger partial charge in [0.25, 0.3) is 0 Å². The molecule has 2 unspecified atom stereocenters. The number of aromatic nitrogens is 2. The van der Waals surface area contributed by atoms with E-state index in [0.717, 1.165) is 28.1 Å². The van der Waals surface area contributed by atoms with Crippen molar-refractivity contribution in [2.45, 2.75) is 50.3 Å². The van der Waals surface area contributed by atoms with Gasteiger partial charge in [0.15, 0.2) is 0 Å². The van der Waals surface area contributed by atoms with Crippen molar-refractivity contribution < 1.29 is 14.7 Å². The molecule has 26 heavy (non-hydrogen) atoms. The molecule has 0 saturated carbocycles. The van der Waals surface area contributed by atoms with Gasteiger partial charge in [-0.05, 0) is 39.2 Å². The summed E-state index contributed by atoms with van der Waals surface area (Å²) in [6, 6.07) is 2.11. The standard InChI is InChI=1S/C18H23N3O3S2/c1-4-13-8-14-15(19-11(3)20-16(14)26-13)25-10(2)17(22)21-7-5-6-12(9-21)18(23)24/h8,10,12H,4-7,9H2,1-3H3,(H,23,24). The van der Waals surface area contributed by atoms with E-state index in [0.29, 0.717) is 25.3 Å². The fraction of sp³-hybridized carbons (Fsp3) is 0.556. The second kappa shape index (κ2) is 7.92. The zero-order valence-electron chi connectivity index (χ0n) is 15.2. The number of thioether (sulfide) groups is 1. The van der Waals surface area contributed by atoms with Crippen LogP contribution in [0.4, 0.5) is 0 Å². The first kappa shape index (κ1) is 19.1. The fourth-order valence-corrected chi connectivity index (χ4v) is 5.29. The number of nitrogens with zero attached hydrogens (tertiary/aromatic N) is 3. The highest BCUT2D eigenvalue weighted by Crippen LogP contribution is 2.34. The molecule has 6 nitrogen and oxygen atoms in total. The Morgan fingerprint density at radius 3 is 2.92 bits per heavy atom. The van der Waals surface area contributed by atoms with Crippen LogP contribution in [0.5, 0.6) is 0 Å². The molecule has 0 bridgehead atoms. The summed E-state index contributed by atoms with van der Waals surface area (Å²) in [5.74, 6) is -0.590. The Bertz CT molecular complexity index is 836. The van der Waals surface area contributed by atoms with Crippen LogP contribution >= 0.6 is 23.1 Å². The van der Waals surface area contributed by atoms with Crippen LogP contribution in [0.25, 0.3) is 10.2 Å². The minimum Gasteiger partial charge on any atom is -0.481 e. The van der Waals surface area contributed by atoms with E-state index in [1.807, 2.05) is 13.8 Å². The van der Waals surface area contributed by atoms with E-state index < -0.39 is 11.9 Å². The van der Waals surface area contributed by atoms with Crippen LogP contribution in [0.1, 0.15) is 37.4 Å². The molecule has 2 atom stereocenters. The Kier molecular flexibility index (Phi) is 5.82. The number of carboxylic acid groups (broad SMARTS) is 1. The van der Waals surface area contributed by atoms with Gasteiger partial charge in [-0.15, -0.1) is 11.3 Å². The third-order valence-electron chi connectivity index (χ3n) is 4.59. The zero-order valence-corrected chi connectivity index (χ0v) is 16.8. The molecular formula is C18H23N3O3S2. The van der Waals surface area contributed by atoms with Crippen molar-refractivity contribution in [1.29, 1.82) is 0 Å². The van der Waals surface area contributed by atoms with Crippen molar-refractivity contribution in [2.75, 3.05) is 13.1 Å². The molecule has 3 heterocycles. The quantitative estimate of drug-likeness (QED) is 0.619. The molecule has 0 radical (unpaired) electrons. The van der Waals surface area contributed by atoms with E-state index in [2.05, 4.69) is 23.0 Å². The van der Waals surface area contributed by atoms with Gasteiger partial charge in [-0.1, -0.05) is 18.7 Å². The molecule has 2 aromatic heterocycles. The first-order valence-electron chi connectivity index (χ1n) is 8.84. The summed E-state index contributed by atoms with van der Waals surface area (Å²) in [7, 11) is 0. The number of piperidine rings is 1. The second-order valence-corrected chi connectivity index (χ2v) is 9.03. The van der Waals surface area contributed by atoms with Crippen LogP contribution in [0, 0.1) is 12.8 Å². The van der Waals surface area contributed by atoms with Crippen LogP contribution in [-0.4, -0.2) is 50.2 Å². The molecule has 1 fully saturated rings. The smallest absolute Gasteiger partial charge is 0.308 e. The van der Waals surface area contributed by atoms with Gasteiger partial charge in [-0.2, -0.15) is 0 Å². The maximum absolute atomic E-state index is 12.8. The number of fused-ring (bicyclic) bond motifs is 1. The molecule has 1 N–H and O–H groups in total. The molecular weight excluding hydrogens is 370 g/mol. The van der Waals surface area contributed by atoms with Gasteiger partial charge < -0.3 is 10.0 Å². The molecule has 0 spiro atoms. The normalized spacial score (nSPS) is 18.9. The summed E-state index contributed by atoms with van der Waals surface area (Å²) in [5, 5.41) is 10.7. The van der Waals surface area contributed by atoms with Crippen LogP contribution in [-0.2, 0) is 16.0 Å². The highest BCUT2D eigenvalue weighted by Gasteiger charge is 2.31. The molecule has 0 aliphatic carbocycles. The summed E-state index contributed by atoms with van der Waals surface area (Å²) in [6.07, 6.45) is 2.32. The third kappa shape index (κ3) is 4.01. The summed E-state index contributed by atoms with van der Waals surface area (Å²) in [6.45, 7) is 6.77. The van der Waals surface area contributed by atoms with E-state index in [1.165, 1.54) is 16.6 Å². The van der Waals surface area contributed by atoms with Crippen LogP contribution in [0.2, 0.25) is 0 Å². The van der Waals surface area contributed by atoms with E-state index >= 15 is 0 Å². The van der Waals surface area contributed by atoms with Gasteiger partial charge in [0.2, 0.25) is 5.91 Å². The predicted molar refractivity (Wildman–Crippen MR) is 104 cm³/mol. The van der Waals surface area contributed by atoms with Gasteiger partial charge in [0.1, 0.15) is 15.7 Å². The molecule has 1 aliphatic rings. The first-order valence-corrected chi connectivity index (χ1v) is 10.5. The van der Waals surface area contributed by atoms with Crippen molar-refractivity contribution >= 4 is 45.2 Å². The van der Waals surface area contributed by atoms with Crippen LogP contribution in [0.15, 0.2) is 11.1 Å². The lowest BCUT2D eigenvalue weighted by atomic mass is 9.98. The predicted octanol–water partition coefficient (Wildman–Crippen LogP) is 3.37. The maximum atomic E-state index is 12.8. The van der Waals surface area contributed by atoms with E-state index in [1.54, 1.807) is 16.2 Å². The lowest BCUT2D eigenvalue weighted by Crippen LogP contribution is -2.45. The third-order valence-corrected chi connectivity index (χ3v) is 6.85. The highest BCUT2D eigenvalue weighted by molar-refractivity contribution is 8.00. The SMILES string of the molecule is CCc1cc2c(SC(C)C(=O)N3CCCC(C(=O)O)C3)nc(C)nc2s1. The molecule has 8 heteroatoms. The van der Waals surface area contributed by atoms with Crippen molar-refractivity contribution in [3.63, 3.8) is 0 Å². The number of carbonyl (C=O) groups excluding carboxylic acids is 1. The molecule has 3 rings (SSSR count). The number of amides is 1. The Labute approximate surface area is 161 Å². The van der Waals surface area contributed by atoms with E-state index in [-0.39, 0.29) is 11.2 Å². The van der Waals surface area contributed by atoms with Gasteiger partial charge in [0.05, 0.1) is 11.2 Å².